The molecule has 0 amide bonds. The molecule has 1 aliphatic heterocycles. The van der Waals surface area contributed by atoms with Crippen molar-refractivity contribution in [3.8, 4) is 0 Å². The molecule has 5 nitrogen and oxygen atoms in total. The van der Waals surface area contributed by atoms with Crippen molar-refractivity contribution in [3.63, 3.8) is 0 Å². The highest BCUT2D eigenvalue weighted by Crippen LogP contribution is 2.43. The van der Waals surface area contributed by atoms with Crippen LogP contribution in [0.2, 0.25) is 0 Å². The van der Waals surface area contributed by atoms with E-state index in [4.69, 9.17) is 0 Å². The van der Waals surface area contributed by atoms with Crippen molar-refractivity contribution in [3.05, 3.63) is 58.9 Å². The third kappa shape index (κ3) is 3.98. The average molecular weight is 489 g/mol. The van der Waals surface area contributed by atoms with Crippen LogP contribution >= 0.6 is 0 Å². The van der Waals surface area contributed by atoms with Crippen LogP contribution in [0.1, 0.15) is 43.6 Å². The maximum Gasteiger partial charge on any atom is 0.393 e. The summed E-state index contributed by atoms with van der Waals surface area (Å²) >= 11 is 0. The molecule has 0 unspecified atom stereocenters. The SMILES string of the molecule is Cc1nnc2nc(N3CCCc4c(CCC(C)(C)C(F)(F)F)cc(F)cc43)c3cc(F)ccc3n12. The molecule has 2 aromatic carbocycles. The molecule has 4 aromatic rings. The Balaban J connectivity index is 1.64. The number of anilines is 2. The maximum atomic E-state index is 14.8. The van der Waals surface area contributed by atoms with E-state index in [0.29, 0.717) is 59.0 Å². The van der Waals surface area contributed by atoms with Crippen LogP contribution in [0.5, 0.6) is 0 Å². The first-order valence-corrected chi connectivity index (χ1v) is 11.4. The van der Waals surface area contributed by atoms with Gasteiger partial charge >= 0.3 is 6.18 Å². The van der Waals surface area contributed by atoms with Crippen LogP contribution in [0.3, 0.4) is 0 Å². The van der Waals surface area contributed by atoms with Gasteiger partial charge in [-0.3, -0.25) is 4.40 Å². The van der Waals surface area contributed by atoms with E-state index in [9.17, 15) is 22.0 Å². The second-order valence-corrected chi connectivity index (χ2v) is 9.68. The summed E-state index contributed by atoms with van der Waals surface area (Å²) in [6.07, 6.45) is -3.14. The zero-order chi connectivity index (χ0) is 25.1. The summed E-state index contributed by atoms with van der Waals surface area (Å²) in [7, 11) is 0. The lowest BCUT2D eigenvalue weighted by Crippen LogP contribution is -2.32. The summed E-state index contributed by atoms with van der Waals surface area (Å²) in [6.45, 7) is 4.58. The molecule has 0 spiro atoms. The molecule has 2 aromatic heterocycles. The van der Waals surface area contributed by atoms with Gasteiger partial charge in [-0.05, 0) is 74.1 Å². The normalized spacial score (nSPS) is 14.7. The first-order valence-electron chi connectivity index (χ1n) is 11.4. The number of hydrogen-bond acceptors (Lipinski definition) is 4. The largest absolute Gasteiger partial charge is 0.393 e. The van der Waals surface area contributed by atoms with Crippen molar-refractivity contribution >= 4 is 28.2 Å². The lowest BCUT2D eigenvalue weighted by Gasteiger charge is -2.33. The molecule has 0 fully saturated rings. The summed E-state index contributed by atoms with van der Waals surface area (Å²) in [4.78, 5) is 6.45. The summed E-state index contributed by atoms with van der Waals surface area (Å²) in [6, 6.07) is 7.04. The lowest BCUT2D eigenvalue weighted by molar-refractivity contribution is -0.213. The second kappa shape index (κ2) is 8.13. The molecule has 10 heteroatoms. The van der Waals surface area contributed by atoms with Gasteiger partial charge in [0.05, 0.1) is 10.9 Å². The molecule has 0 atom stereocenters. The fourth-order valence-corrected chi connectivity index (χ4v) is 4.72. The van der Waals surface area contributed by atoms with E-state index in [-0.39, 0.29) is 12.8 Å². The Bertz CT molecular complexity index is 1440. The third-order valence-electron chi connectivity index (χ3n) is 6.88. The molecule has 35 heavy (non-hydrogen) atoms. The highest BCUT2D eigenvalue weighted by Gasteiger charge is 2.46. The van der Waals surface area contributed by atoms with Gasteiger partial charge in [-0.25, -0.2) is 8.78 Å². The van der Waals surface area contributed by atoms with Crippen molar-refractivity contribution in [2.75, 3.05) is 11.4 Å². The topological polar surface area (TPSA) is 46.3 Å². The van der Waals surface area contributed by atoms with E-state index in [1.54, 1.807) is 17.4 Å². The van der Waals surface area contributed by atoms with Crippen molar-refractivity contribution < 1.29 is 22.0 Å². The number of halogens is 5. The quantitative estimate of drug-likeness (QED) is 0.308. The fourth-order valence-electron chi connectivity index (χ4n) is 4.72. The predicted octanol–water partition coefficient (Wildman–Crippen LogP) is 6.47. The van der Waals surface area contributed by atoms with Gasteiger partial charge in [-0.2, -0.15) is 18.2 Å². The molecule has 0 aliphatic carbocycles. The first kappa shape index (κ1) is 23.4. The molecule has 3 heterocycles. The number of alkyl halides is 3. The Morgan fingerprint density at radius 1 is 1.00 bits per heavy atom. The van der Waals surface area contributed by atoms with Crippen LogP contribution in [0, 0.1) is 24.0 Å². The van der Waals surface area contributed by atoms with E-state index >= 15 is 0 Å². The number of benzene rings is 2. The van der Waals surface area contributed by atoms with Gasteiger partial charge < -0.3 is 4.90 Å². The molecule has 1 aliphatic rings. The first-order chi connectivity index (χ1) is 16.5. The van der Waals surface area contributed by atoms with Crippen LogP contribution in [0.15, 0.2) is 30.3 Å². The van der Waals surface area contributed by atoms with Crippen molar-refractivity contribution in [2.45, 2.75) is 52.6 Å². The Hall–Kier alpha value is -3.30. The standard InChI is InChI=1S/C25H24F5N5/c1-14-32-33-23-31-22(19-12-16(26)6-7-20(19)35(14)23)34-10-4-5-18-15(11-17(27)13-21(18)34)8-9-24(2,3)25(28,29)30/h6-7,11-13H,4-5,8-10H2,1-3H3. The minimum absolute atomic E-state index is 0.0889. The smallest absolute Gasteiger partial charge is 0.325 e. The molecule has 5 rings (SSSR count). The van der Waals surface area contributed by atoms with Gasteiger partial charge in [0.15, 0.2) is 0 Å². The maximum absolute atomic E-state index is 14.8. The molecule has 0 saturated heterocycles. The van der Waals surface area contributed by atoms with Gasteiger partial charge in [0.1, 0.15) is 23.3 Å². The van der Waals surface area contributed by atoms with Gasteiger partial charge in [0.2, 0.25) is 0 Å². The molecular formula is C25H24F5N5. The molecular weight excluding hydrogens is 465 g/mol. The van der Waals surface area contributed by atoms with Crippen molar-refractivity contribution in [1.29, 1.82) is 0 Å². The van der Waals surface area contributed by atoms with E-state index < -0.39 is 23.2 Å². The summed E-state index contributed by atoms with van der Waals surface area (Å²) < 4.78 is 71.0. The summed E-state index contributed by atoms with van der Waals surface area (Å²) in [5, 5.41) is 8.71. The number of nitrogens with zero attached hydrogens (tertiary/aromatic N) is 5. The summed E-state index contributed by atoms with van der Waals surface area (Å²) in [5.41, 5.74) is 0.641. The minimum atomic E-state index is -4.36. The van der Waals surface area contributed by atoms with Gasteiger partial charge in [-0.15, -0.1) is 10.2 Å². The van der Waals surface area contributed by atoms with E-state index in [1.165, 1.54) is 24.3 Å². The Morgan fingerprint density at radius 2 is 1.77 bits per heavy atom. The molecule has 0 N–H and O–H groups in total. The van der Waals surface area contributed by atoms with Gasteiger partial charge in [-0.1, -0.05) is 13.8 Å². The molecule has 0 radical (unpaired) electrons. The number of aromatic nitrogens is 4. The highest BCUT2D eigenvalue weighted by atomic mass is 19.4. The number of fused-ring (bicyclic) bond motifs is 4. The van der Waals surface area contributed by atoms with E-state index in [1.807, 2.05) is 4.90 Å². The Morgan fingerprint density at radius 3 is 2.51 bits per heavy atom. The lowest BCUT2D eigenvalue weighted by atomic mass is 9.83. The predicted molar refractivity (Wildman–Crippen MR) is 123 cm³/mol. The zero-order valence-electron chi connectivity index (χ0n) is 19.5. The zero-order valence-corrected chi connectivity index (χ0v) is 19.5. The van der Waals surface area contributed by atoms with E-state index in [0.717, 1.165) is 19.4 Å². The number of hydrogen-bond donors (Lipinski definition) is 0. The number of rotatable bonds is 4. The summed E-state index contributed by atoms with van der Waals surface area (Å²) in [5.74, 6) is 0.345. The van der Waals surface area contributed by atoms with Crippen molar-refractivity contribution in [1.82, 2.24) is 19.6 Å². The number of aryl methyl sites for hydroxylation is 2. The van der Waals surface area contributed by atoms with Crippen LogP contribution in [-0.2, 0) is 12.8 Å². The van der Waals surface area contributed by atoms with Gasteiger partial charge in [0, 0.05) is 17.6 Å². The average Bonchev–Trinajstić information content (AvgIpc) is 3.16. The van der Waals surface area contributed by atoms with Crippen LogP contribution < -0.4 is 4.90 Å². The minimum Gasteiger partial charge on any atom is -0.325 e. The van der Waals surface area contributed by atoms with Gasteiger partial charge in [0.25, 0.3) is 5.78 Å². The molecule has 0 bridgehead atoms. The Kier molecular flexibility index (Phi) is 5.45. The van der Waals surface area contributed by atoms with Crippen LogP contribution in [0.25, 0.3) is 16.7 Å². The highest BCUT2D eigenvalue weighted by molar-refractivity contribution is 5.94. The fraction of sp³-hybridized carbons (Fsp3) is 0.400. The molecule has 0 saturated carbocycles. The van der Waals surface area contributed by atoms with E-state index in [2.05, 4.69) is 15.2 Å². The van der Waals surface area contributed by atoms with Crippen LogP contribution in [-0.4, -0.2) is 32.3 Å². The third-order valence-corrected chi connectivity index (χ3v) is 6.88. The Labute approximate surface area is 198 Å². The molecule has 184 valence electrons. The second-order valence-electron chi connectivity index (χ2n) is 9.68. The monoisotopic (exact) mass is 489 g/mol. The van der Waals surface area contributed by atoms with Crippen LogP contribution in [0.4, 0.5) is 33.5 Å². The van der Waals surface area contributed by atoms with Crippen molar-refractivity contribution in [2.24, 2.45) is 5.41 Å².